The highest BCUT2D eigenvalue weighted by Crippen LogP contribution is 2.53. The fraction of sp³-hybridized carbons (Fsp3) is 0.550. The second-order valence-electron chi connectivity index (χ2n) is 8.99. The zero-order valence-electron chi connectivity index (χ0n) is 15.1. The molecule has 4 fully saturated rings. The molecular formula is C20H25N3O2. The quantitative estimate of drug-likeness (QED) is 0.914. The average Bonchev–Trinajstić information content (AvgIpc) is 2.52. The summed E-state index contributed by atoms with van der Waals surface area (Å²) in [5.74, 6) is 0.816. The Kier molecular flexibility index (Phi) is 3.00. The largest absolute Gasteiger partial charge is 0.497 e. The summed E-state index contributed by atoms with van der Waals surface area (Å²) in [7, 11) is 1.67. The average molecular weight is 339 g/mol. The van der Waals surface area contributed by atoms with Gasteiger partial charge in [0.15, 0.2) is 0 Å². The molecule has 6 rings (SSSR count). The van der Waals surface area contributed by atoms with Gasteiger partial charge in [0.05, 0.1) is 13.3 Å². The van der Waals surface area contributed by atoms with Gasteiger partial charge >= 0.3 is 0 Å². The number of ether oxygens (including phenoxy) is 1. The molecule has 132 valence electrons. The lowest BCUT2D eigenvalue weighted by Gasteiger charge is -2.66. The van der Waals surface area contributed by atoms with E-state index in [-0.39, 0.29) is 11.7 Å². The first-order valence-electron chi connectivity index (χ1n) is 9.07. The maximum absolute atomic E-state index is 12.8. The van der Waals surface area contributed by atoms with Crippen molar-refractivity contribution in [2.24, 2.45) is 10.8 Å². The fourth-order valence-electron chi connectivity index (χ4n) is 5.92. The van der Waals surface area contributed by atoms with Crippen molar-refractivity contribution in [3.63, 3.8) is 0 Å². The topological polar surface area (TPSA) is 48.6 Å². The number of rotatable bonds is 2. The lowest BCUT2D eigenvalue weighted by Crippen LogP contribution is -2.71. The molecule has 1 aromatic heterocycles. The highest BCUT2D eigenvalue weighted by Gasteiger charge is 2.56. The molecule has 2 aromatic rings. The van der Waals surface area contributed by atoms with Crippen molar-refractivity contribution in [2.75, 3.05) is 33.3 Å². The van der Waals surface area contributed by atoms with Crippen molar-refractivity contribution in [2.45, 2.75) is 26.4 Å². The summed E-state index contributed by atoms with van der Waals surface area (Å²) >= 11 is 0. The summed E-state index contributed by atoms with van der Waals surface area (Å²) in [6, 6.07) is 7.86. The van der Waals surface area contributed by atoms with Gasteiger partial charge in [-0.1, -0.05) is 13.8 Å². The third-order valence-electron chi connectivity index (χ3n) is 6.24. The van der Waals surface area contributed by atoms with Crippen LogP contribution in [0.2, 0.25) is 0 Å². The van der Waals surface area contributed by atoms with Gasteiger partial charge in [0.25, 0.3) is 5.56 Å². The lowest BCUT2D eigenvalue weighted by atomic mass is 9.63. The van der Waals surface area contributed by atoms with Gasteiger partial charge in [0.1, 0.15) is 5.75 Å². The number of H-pyrrole nitrogens is 1. The van der Waals surface area contributed by atoms with Gasteiger partial charge in [0, 0.05) is 42.6 Å². The molecule has 5 nitrogen and oxygen atoms in total. The molecule has 0 spiro atoms. The van der Waals surface area contributed by atoms with E-state index < -0.39 is 0 Å². The lowest BCUT2D eigenvalue weighted by molar-refractivity contribution is -0.194. The number of pyridine rings is 1. The summed E-state index contributed by atoms with van der Waals surface area (Å²) in [6.07, 6.45) is 1.39. The summed E-state index contributed by atoms with van der Waals surface area (Å²) in [5.41, 5.74) is 2.47. The number of nitrogens with zero attached hydrogens (tertiary/aromatic N) is 2. The highest BCUT2D eigenvalue weighted by atomic mass is 16.5. The molecule has 0 radical (unpaired) electrons. The summed E-state index contributed by atoms with van der Waals surface area (Å²) in [4.78, 5) is 20.9. The van der Waals surface area contributed by atoms with Crippen molar-refractivity contribution in [1.82, 2.24) is 14.8 Å². The van der Waals surface area contributed by atoms with E-state index in [9.17, 15) is 4.79 Å². The van der Waals surface area contributed by atoms with Crippen LogP contribution in [-0.4, -0.2) is 48.1 Å². The molecule has 0 amide bonds. The van der Waals surface area contributed by atoms with Gasteiger partial charge in [-0.3, -0.25) is 14.6 Å². The molecular weight excluding hydrogens is 314 g/mol. The molecule has 5 heteroatoms. The zero-order valence-corrected chi connectivity index (χ0v) is 15.1. The first-order chi connectivity index (χ1) is 11.9. The van der Waals surface area contributed by atoms with Crippen molar-refractivity contribution in [3.8, 4) is 5.75 Å². The van der Waals surface area contributed by atoms with E-state index in [4.69, 9.17) is 4.74 Å². The number of benzene rings is 1. The number of piperidine rings is 2. The molecule has 1 N–H and O–H groups in total. The van der Waals surface area contributed by atoms with E-state index in [1.165, 1.54) is 6.42 Å². The Bertz CT molecular complexity index is 883. The number of aromatic nitrogens is 1. The first kappa shape index (κ1) is 15.4. The third-order valence-corrected chi connectivity index (χ3v) is 6.24. The van der Waals surface area contributed by atoms with Gasteiger partial charge in [-0.2, -0.15) is 0 Å². The zero-order chi connectivity index (χ0) is 17.4. The van der Waals surface area contributed by atoms with Gasteiger partial charge in [-0.15, -0.1) is 0 Å². The SMILES string of the molecule is COc1ccc2[nH]c(=O)c(C3N4CC5(C)CN3CC(C)(C4)C5)cc2c1. The minimum atomic E-state index is 0.0328. The molecule has 0 saturated carbocycles. The summed E-state index contributed by atoms with van der Waals surface area (Å²) < 4.78 is 5.35. The normalized spacial score (nSPS) is 39.1. The van der Waals surface area contributed by atoms with E-state index in [0.29, 0.717) is 10.8 Å². The number of hydrogen-bond donors (Lipinski definition) is 1. The van der Waals surface area contributed by atoms with Gasteiger partial charge in [0.2, 0.25) is 0 Å². The second-order valence-corrected chi connectivity index (χ2v) is 8.99. The number of nitrogens with one attached hydrogen (secondary N) is 1. The van der Waals surface area contributed by atoms with Crippen LogP contribution in [0.3, 0.4) is 0 Å². The molecule has 4 aliphatic rings. The van der Waals surface area contributed by atoms with Crippen LogP contribution in [0.1, 0.15) is 32.0 Å². The number of fused-ring (bicyclic) bond motifs is 1. The van der Waals surface area contributed by atoms with Gasteiger partial charge in [-0.05, 0) is 41.5 Å². The van der Waals surface area contributed by atoms with E-state index >= 15 is 0 Å². The number of aromatic amines is 1. The second kappa shape index (κ2) is 4.86. The third kappa shape index (κ3) is 2.26. The highest BCUT2D eigenvalue weighted by molar-refractivity contribution is 5.80. The molecule has 0 atom stereocenters. The Hall–Kier alpha value is -1.85. The first-order valence-corrected chi connectivity index (χ1v) is 9.07. The summed E-state index contributed by atoms with van der Waals surface area (Å²) in [5, 5.41) is 1.03. The van der Waals surface area contributed by atoms with Crippen molar-refractivity contribution in [1.29, 1.82) is 0 Å². The minimum absolute atomic E-state index is 0.0328. The molecule has 0 aliphatic carbocycles. The molecule has 4 bridgehead atoms. The van der Waals surface area contributed by atoms with Crippen LogP contribution in [0, 0.1) is 10.8 Å². The van der Waals surface area contributed by atoms with E-state index in [0.717, 1.165) is 48.4 Å². The monoisotopic (exact) mass is 339 g/mol. The number of hydrogen-bond acceptors (Lipinski definition) is 4. The Balaban J connectivity index is 1.62. The smallest absolute Gasteiger partial charge is 0.254 e. The maximum Gasteiger partial charge on any atom is 0.254 e. The standard InChI is InChI=1S/C20H25N3O2/c1-19-8-20(2)11-22(9-19)18(23(10-19)12-20)15-7-13-6-14(25-3)4-5-16(13)21-17(15)24/h4-7,18H,8-12H2,1-3H3,(H,21,24). The number of methoxy groups -OCH3 is 1. The molecule has 4 saturated heterocycles. The van der Waals surface area contributed by atoms with Crippen molar-refractivity contribution in [3.05, 3.63) is 40.2 Å². The van der Waals surface area contributed by atoms with E-state index in [1.807, 2.05) is 18.2 Å². The van der Waals surface area contributed by atoms with Gasteiger partial charge < -0.3 is 9.72 Å². The van der Waals surface area contributed by atoms with Crippen molar-refractivity contribution < 1.29 is 4.74 Å². The van der Waals surface area contributed by atoms with Crippen LogP contribution in [0.25, 0.3) is 10.9 Å². The van der Waals surface area contributed by atoms with E-state index in [1.54, 1.807) is 7.11 Å². The minimum Gasteiger partial charge on any atom is -0.497 e. The Labute approximate surface area is 147 Å². The Morgan fingerprint density at radius 1 is 1.08 bits per heavy atom. The predicted octanol–water partition coefficient (Wildman–Crippen LogP) is 2.58. The predicted molar refractivity (Wildman–Crippen MR) is 97.8 cm³/mol. The Morgan fingerprint density at radius 3 is 2.32 bits per heavy atom. The fourth-order valence-corrected chi connectivity index (χ4v) is 5.92. The molecule has 1 aromatic carbocycles. The van der Waals surface area contributed by atoms with Crippen LogP contribution < -0.4 is 10.3 Å². The van der Waals surface area contributed by atoms with Crippen LogP contribution in [0.4, 0.5) is 0 Å². The van der Waals surface area contributed by atoms with Crippen LogP contribution in [0.15, 0.2) is 29.1 Å². The van der Waals surface area contributed by atoms with Crippen LogP contribution in [-0.2, 0) is 0 Å². The summed E-state index contributed by atoms with van der Waals surface area (Å²) in [6.45, 7) is 9.13. The van der Waals surface area contributed by atoms with Crippen molar-refractivity contribution >= 4 is 10.9 Å². The van der Waals surface area contributed by atoms with Gasteiger partial charge in [-0.25, -0.2) is 0 Å². The Morgan fingerprint density at radius 2 is 1.72 bits per heavy atom. The molecule has 25 heavy (non-hydrogen) atoms. The van der Waals surface area contributed by atoms with E-state index in [2.05, 4.69) is 34.7 Å². The molecule has 5 heterocycles. The van der Waals surface area contributed by atoms with Crippen LogP contribution in [0.5, 0.6) is 5.75 Å². The van der Waals surface area contributed by atoms with Crippen LogP contribution >= 0.6 is 0 Å². The molecule has 0 unspecified atom stereocenters. The maximum atomic E-state index is 12.8. The molecule has 4 aliphatic heterocycles.